The van der Waals surface area contributed by atoms with Crippen LogP contribution in [0.2, 0.25) is 0 Å². The lowest BCUT2D eigenvalue weighted by Gasteiger charge is -2.02. The summed E-state index contributed by atoms with van der Waals surface area (Å²) in [5.74, 6) is -0.254. The van der Waals surface area contributed by atoms with Gasteiger partial charge in [0.25, 0.3) is 5.56 Å². The molecule has 0 aliphatic rings. The summed E-state index contributed by atoms with van der Waals surface area (Å²) in [5, 5.41) is 4.36. The van der Waals surface area contributed by atoms with Gasteiger partial charge in [-0.2, -0.15) is 0 Å². The number of nitrogens with two attached hydrogens (primary N) is 1. The highest BCUT2D eigenvalue weighted by molar-refractivity contribution is 5.91. The fraction of sp³-hybridized carbons (Fsp3) is 0.0500. The molecule has 27 heavy (non-hydrogen) atoms. The first-order valence-corrected chi connectivity index (χ1v) is 8.20. The predicted molar refractivity (Wildman–Crippen MR) is 108 cm³/mol. The Morgan fingerprint density at radius 1 is 0.889 bits per heavy atom. The number of nitrogen functional groups attached to an aromatic ring is 1. The Labute approximate surface area is 153 Å². The summed E-state index contributed by atoms with van der Waals surface area (Å²) in [6.45, 7) is 1.37. The third-order valence-electron chi connectivity index (χ3n) is 3.81. The first-order chi connectivity index (χ1) is 12.9. The van der Waals surface area contributed by atoms with E-state index in [0.717, 1.165) is 21.8 Å². The molecule has 0 bridgehead atoms. The van der Waals surface area contributed by atoms with Crippen LogP contribution in [0.25, 0.3) is 21.8 Å². The average molecular weight is 362 g/mol. The molecule has 4 rings (SSSR count). The Morgan fingerprint density at radius 3 is 2.41 bits per heavy atom. The third kappa shape index (κ3) is 4.40. The summed E-state index contributed by atoms with van der Waals surface area (Å²) >= 11 is 0. The number of fused-ring (bicyclic) bond motifs is 2. The van der Waals surface area contributed by atoms with Gasteiger partial charge in [0.05, 0.1) is 5.52 Å². The molecule has 7 nitrogen and oxygen atoms in total. The standard InChI is InChI=1S/C11H10N2O2.C9H8N2O/c1-7(14)12-10-6-8-4-2-3-5-9(8)13-11(10)15;10-7-3-1-6-2-4-9(12)11-8(6)5-7/h2-6H,1H3,(H,12,14)(H,13,15);1-5H,10H2,(H,11,12). The molecule has 0 radical (unpaired) electrons. The molecule has 4 aromatic rings. The molecule has 0 aliphatic carbocycles. The monoisotopic (exact) mass is 362 g/mol. The van der Waals surface area contributed by atoms with Gasteiger partial charge < -0.3 is 21.0 Å². The van der Waals surface area contributed by atoms with E-state index in [-0.39, 0.29) is 22.7 Å². The van der Waals surface area contributed by atoms with Gasteiger partial charge in [-0.25, -0.2) is 0 Å². The van der Waals surface area contributed by atoms with Gasteiger partial charge in [0.2, 0.25) is 11.5 Å². The van der Waals surface area contributed by atoms with Crippen LogP contribution >= 0.6 is 0 Å². The molecule has 0 fully saturated rings. The predicted octanol–water partition coefficient (Wildman–Crippen LogP) is 2.60. The number of amides is 1. The molecule has 2 aromatic carbocycles. The van der Waals surface area contributed by atoms with Gasteiger partial charge in [0.1, 0.15) is 5.69 Å². The molecular weight excluding hydrogens is 344 g/mol. The van der Waals surface area contributed by atoms with Crippen molar-refractivity contribution >= 4 is 39.1 Å². The van der Waals surface area contributed by atoms with Crippen molar-refractivity contribution in [2.45, 2.75) is 6.92 Å². The van der Waals surface area contributed by atoms with Crippen LogP contribution in [-0.2, 0) is 4.79 Å². The minimum atomic E-state index is -0.288. The van der Waals surface area contributed by atoms with E-state index in [2.05, 4.69) is 15.3 Å². The Hall–Kier alpha value is -3.87. The lowest BCUT2D eigenvalue weighted by molar-refractivity contribution is -0.114. The van der Waals surface area contributed by atoms with Gasteiger partial charge >= 0.3 is 0 Å². The smallest absolute Gasteiger partial charge is 0.272 e. The van der Waals surface area contributed by atoms with Crippen molar-refractivity contribution in [1.82, 2.24) is 9.97 Å². The number of benzene rings is 2. The summed E-state index contributed by atoms with van der Waals surface area (Å²) in [4.78, 5) is 38.6. The van der Waals surface area contributed by atoms with E-state index in [1.807, 2.05) is 30.3 Å². The zero-order chi connectivity index (χ0) is 19.4. The Morgan fingerprint density at radius 2 is 1.63 bits per heavy atom. The highest BCUT2D eigenvalue weighted by Gasteiger charge is 2.03. The number of H-pyrrole nitrogens is 2. The summed E-state index contributed by atoms with van der Waals surface area (Å²) in [5.41, 5.74) is 7.64. The fourth-order valence-corrected chi connectivity index (χ4v) is 2.60. The highest BCUT2D eigenvalue weighted by atomic mass is 16.2. The molecule has 5 N–H and O–H groups in total. The van der Waals surface area contributed by atoms with E-state index in [9.17, 15) is 14.4 Å². The van der Waals surface area contributed by atoms with Crippen LogP contribution in [-0.4, -0.2) is 15.9 Å². The Balaban J connectivity index is 0.000000159. The zero-order valence-corrected chi connectivity index (χ0v) is 14.6. The maximum absolute atomic E-state index is 11.5. The van der Waals surface area contributed by atoms with Crippen molar-refractivity contribution in [3.63, 3.8) is 0 Å². The highest BCUT2D eigenvalue weighted by Crippen LogP contribution is 2.13. The van der Waals surface area contributed by atoms with Crippen LogP contribution < -0.4 is 22.2 Å². The van der Waals surface area contributed by atoms with Gasteiger partial charge in [0, 0.05) is 29.6 Å². The number of hydrogen-bond donors (Lipinski definition) is 4. The maximum atomic E-state index is 11.5. The number of nitrogens with one attached hydrogen (secondary N) is 3. The first kappa shape index (κ1) is 17.9. The number of aromatic amines is 2. The number of hydrogen-bond acceptors (Lipinski definition) is 4. The Kier molecular flexibility index (Phi) is 5.03. The second-order valence-electron chi connectivity index (χ2n) is 5.95. The molecular formula is C20H18N4O3. The second-order valence-corrected chi connectivity index (χ2v) is 5.95. The van der Waals surface area contributed by atoms with Gasteiger partial charge in [-0.1, -0.05) is 24.3 Å². The largest absolute Gasteiger partial charge is 0.399 e. The summed E-state index contributed by atoms with van der Waals surface area (Å²) < 4.78 is 0. The van der Waals surface area contributed by atoms with Gasteiger partial charge in [-0.15, -0.1) is 0 Å². The molecule has 2 aromatic heterocycles. The molecule has 0 saturated carbocycles. The van der Waals surface area contributed by atoms with Gasteiger partial charge in [-0.3, -0.25) is 14.4 Å². The molecule has 1 amide bonds. The van der Waals surface area contributed by atoms with Crippen LogP contribution in [0.3, 0.4) is 0 Å². The van der Waals surface area contributed by atoms with Crippen molar-refractivity contribution in [3.8, 4) is 0 Å². The number of carbonyl (C=O) groups is 1. The number of carbonyl (C=O) groups excluding carboxylic acids is 1. The van der Waals surface area contributed by atoms with E-state index in [1.54, 1.807) is 24.3 Å². The van der Waals surface area contributed by atoms with E-state index >= 15 is 0 Å². The molecule has 0 aliphatic heterocycles. The number of aromatic nitrogens is 2. The van der Waals surface area contributed by atoms with Crippen molar-refractivity contribution in [1.29, 1.82) is 0 Å². The third-order valence-corrected chi connectivity index (χ3v) is 3.81. The number of para-hydroxylation sites is 1. The minimum Gasteiger partial charge on any atom is -0.399 e. The first-order valence-electron chi connectivity index (χ1n) is 8.20. The van der Waals surface area contributed by atoms with Crippen LogP contribution in [0.15, 0.2) is 70.3 Å². The molecule has 7 heteroatoms. The molecule has 0 spiro atoms. The number of anilines is 2. The van der Waals surface area contributed by atoms with E-state index < -0.39 is 0 Å². The molecule has 136 valence electrons. The van der Waals surface area contributed by atoms with E-state index in [0.29, 0.717) is 5.69 Å². The molecule has 0 atom stereocenters. The lowest BCUT2D eigenvalue weighted by Crippen LogP contribution is -2.17. The normalized spacial score (nSPS) is 10.3. The quantitative estimate of drug-likeness (QED) is 0.389. The summed E-state index contributed by atoms with van der Waals surface area (Å²) in [6.07, 6.45) is 0. The number of pyridine rings is 2. The SMILES string of the molecule is CC(=O)Nc1cc2ccccc2[nH]c1=O.Nc1ccc2ccc(=O)[nH]c2c1. The van der Waals surface area contributed by atoms with Gasteiger partial charge in [-0.05, 0) is 35.7 Å². The average Bonchev–Trinajstić information content (AvgIpc) is 2.62. The van der Waals surface area contributed by atoms with Crippen LogP contribution in [0, 0.1) is 0 Å². The lowest BCUT2D eigenvalue weighted by atomic mass is 10.2. The fourth-order valence-electron chi connectivity index (χ4n) is 2.60. The maximum Gasteiger partial charge on any atom is 0.272 e. The van der Waals surface area contributed by atoms with Crippen molar-refractivity contribution in [3.05, 3.63) is 81.4 Å². The van der Waals surface area contributed by atoms with Crippen LogP contribution in [0.5, 0.6) is 0 Å². The number of rotatable bonds is 1. The minimum absolute atomic E-state index is 0.104. The van der Waals surface area contributed by atoms with Crippen molar-refractivity contribution < 1.29 is 4.79 Å². The van der Waals surface area contributed by atoms with Crippen molar-refractivity contribution in [2.24, 2.45) is 0 Å². The molecule has 0 saturated heterocycles. The van der Waals surface area contributed by atoms with E-state index in [1.165, 1.54) is 13.0 Å². The van der Waals surface area contributed by atoms with Gasteiger partial charge in [0.15, 0.2) is 0 Å². The molecule has 0 unspecified atom stereocenters. The second kappa shape index (κ2) is 7.57. The molecule has 2 heterocycles. The zero-order valence-electron chi connectivity index (χ0n) is 14.6. The van der Waals surface area contributed by atoms with Crippen LogP contribution in [0.1, 0.15) is 6.92 Å². The Bertz CT molecular complexity index is 1240. The van der Waals surface area contributed by atoms with Crippen LogP contribution in [0.4, 0.5) is 11.4 Å². The summed E-state index contributed by atoms with van der Waals surface area (Å²) in [6, 6.07) is 17.8. The summed E-state index contributed by atoms with van der Waals surface area (Å²) in [7, 11) is 0. The topological polar surface area (TPSA) is 121 Å². The van der Waals surface area contributed by atoms with E-state index in [4.69, 9.17) is 5.73 Å². The van der Waals surface area contributed by atoms with Crippen molar-refractivity contribution in [2.75, 3.05) is 11.1 Å².